The van der Waals surface area contributed by atoms with Crippen LogP contribution in [0.2, 0.25) is 0 Å². The van der Waals surface area contributed by atoms with Crippen molar-refractivity contribution in [2.75, 3.05) is 19.8 Å². The van der Waals surface area contributed by atoms with Crippen LogP contribution in [0.25, 0.3) is 21.5 Å². The van der Waals surface area contributed by atoms with Gasteiger partial charge in [0.15, 0.2) is 0 Å². The molecule has 2 aliphatic heterocycles. The van der Waals surface area contributed by atoms with Crippen LogP contribution < -0.4 is 10.1 Å². The van der Waals surface area contributed by atoms with E-state index >= 15 is 0 Å². The number of ether oxygens (including phenoxy) is 2. The van der Waals surface area contributed by atoms with Gasteiger partial charge in [-0.25, -0.2) is 9.97 Å². The number of nitrogens with zero attached hydrogens (tertiary/aromatic N) is 3. The van der Waals surface area contributed by atoms with Gasteiger partial charge in [-0.2, -0.15) is 0 Å². The number of hydrogen-bond donors (Lipinski definition) is 1. The Morgan fingerprint density at radius 2 is 2.06 bits per heavy atom. The van der Waals surface area contributed by atoms with Crippen molar-refractivity contribution in [3.8, 4) is 16.2 Å². The molecule has 8 heteroatoms. The number of thiazole rings is 1. The number of nitrogens with one attached hydrogen (secondary N) is 1. The molecule has 7 nitrogen and oxygen atoms in total. The molecule has 1 aromatic carbocycles. The molecule has 1 saturated carbocycles. The van der Waals surface area contributed by atoms with E-state index in [4.69, 9.17) is 19.4 Å². The molecule has 2 atom stereocenters. The van der Waals surface area contributed by atoms with Gasteiger partial charge in [-0.1, -0.05) is 0 Å². The highest BCUT2D eigenvalue weighted by Crippen LogP contribution is 2.43. The van der Waals surface area contributed by atoms with E-state index in [9.17, 15) is 4.79 Å². The first-order valence-corrected chi connectivity index (χ1v) is 12.4. The largest absolute Gasteiger partial charge is 0.488 e. The summed E-state index contributed by atoms with van der Waals surface area (Å²) in [5.41, 5.74) is 3.12. The first-order valence-electron chi connectivity index (χ1n) is 11.6. The molecule has 0 bridgehead atoms. The number of aromatic nitrogens is 3. The summed E-state index contributed by atoms with van der Waals surface area (Å²) >= 11 is 1.77. The molecule has 4 heterocycles. The van der Waals surface area contributed by atoms with E-state index in [0.717, 1.165) is 53.3 Å². The van der Waals surface area contributed by atoms with Gasteiger partial charge in [-0.15, -0.1) is 11.3 Å². The second kappa shape index (κ2) is 8.15. The van der Waals surface area contributed by atoms with Crippen LogP contribution in [0.1, 0.15) is 56.0 Å². The van der Waals surface area contributed by atoms with Gasteiger partial charge in [0.1, 0.15) is 17.4 Å². The van der Waals surface area contributed by atoms with Crippen LogP contribution >= 0.6 is 11.3 Å². The van der Waals surface area contributed by atoms with Crippen molar-refractivity contribution >= 4 is 28.3 Å². The third kappa shape index (κ3) is 3.79. The third-order valence-electron chi connectivity index (χ3n) is 6.94. The van der Waals surface area contributed by atoms with E-state index in [2.05, 4.69) is 28.9 Å². The molecule has 1 aliphatic carbocycles. The SMILES string of the molecule is CC(Oc1cc(-c2cnc(C3CCOCC3)s2)cc2ncn(C3CC3)c12)[C@H]1CNC(=O)C1. The summed E-state index contributed by atoms with van der Waals surface area (Å²) in [7, 11) is 0. The minimum Gasteiger partial charge on any atom is -0.488 e. The molecule has 1 unspecified atom stereocenters. The summed E-state index contributed by atoms with van der Waals surface area (Å²) in [6.07, 6.45) is 8.85. The second-order valence-electron chi connectivity index (χ2n) is 9.27. The molecular formula is C24H28N4O3S. The van der Waals surface area contributed by atoms with Crippen LogP contribution in [0.4, 0.5) is 0 Å². The number of rotatable bonds is 6. The topological polar surface area (TPSA) is 78.3 Å². The summed E-state index contributed by atoms with van der Waals surface area (Å²) in [5.74, 6) is 1.64. The van der Waals surface area contributed by atoms with Crippen LogP contribution in [-0.4, -0.2) is 46.3 Å². The van der Waals surface area contributed by atoms with E-state index in [1.165, 1.54) is 17.8 Å². The van der Waals surface area contributed by atoms with Gasteiger partial charge < -0.3 is 19.4 Å². The average molecular weight is 453 g/mol. The zero-order valence-corrected chi connectivity index (χ0v) is 19.1. The van der Waals surface area contributed by atoms with E-state index in [-0.39, 0.29) is 17.9 Å². The minimum atomic E-state index is -0.0609. The molecule has 3 aromatic rings. The van der Waals surface area contributed by atoms with Crippen molar-refractivity contribution < 1.29 is 14.3 Å². The average Bonchev–Trinajstić information content (AvgIpc) is 3.19. The standard InChI is InChI=1S/C24H28N4O3S/c1-14(17-10-22(29)25-11-17)31-20-9-16(8-19-23(20)28(13-27-19)18-2-3-18)21-12-26-24(32-21)15-4-6-30-7-5-15/h8-9,12-15,17-18H,2-7,10-11H2,1H3,(H,25,29)/t14?,17-/m1/s1. The monoisotopic (exact) mass is 452 g/mol. The van der Waals surface area contributed by atoms with Crippen molar-refractivity contribution in [1.29, 1.82) is 0 Å². The van der Waals surface area contributed by atoms with Gasteiger partial charge in [-0.3, -0.25) is 4.79 Å². The zero-order valence-electron chi connectivity index (χ0n) is 18.3. The predicted octanol–water partition coefficient (Wildman–Crippen LogP) is 4.29. The van der Waals surface area contributed by atoms with E-state index in [0.29, 0.717) is 24.9 Å². The van der Waals surface area contributed by atoms with Crippen molar-refractivity contribution in [2.45, 2.75) is 57.1 Å². The third-order valence-corrected chi connectivity index (χ3v) is 8.15. The van der Waals surface area contributed by atoms with Gasteiger partial charge >= 0.3 is 0 Å². The first kappa shape index (κ1) is 20.2. The first-order chi connectivity index (χ1) is 15.7. The fourth-order valence-corrected chi connectivity index (χ4v) is 5.88. The van der Waals surface area contributed by atoms with Crippen LogP contribution in [0.5, 0.6) is 5.75 Å². The lowest BCUT2D eigenvalue weighted by molar-refractivity contribution is -0.119. The summed E-state index contributed by atoms with van der Waals surface area (Å²) in [4.78, 5) is 22.3. The maximum Gasteiger partial charge on any atom is 0.220 e. The fourth-order valence-electron chi connectivity index (χ4n) is 4.81. The van der Waals surface area contributed by atoms with Crippen molar-refractivity contribution in [2.24, 2.45) is 5.92 Å². The molecule has 2 saturated heterocycles. The highest BCUT2D eigenvalue weighted by molar-refractivity contribution is 7.15. The summed E-state index contributed by atoms with van der Waals surface area (Å²) in [6, 6.07) is 4.82. The van der Waals surface area contributed by atoms with E-state index in [1.807, 2.05) is 12.5 Å². The van der Waals surface area contributed by atoms with Crippen LogP contribution in [0.15, 0.2) is 24.7 Å². The Morgan fingerprint density at radius 3 is 2.81 bits per heavy atom. The number of imidazole rings is 1. The maximum atomic E-state index is 11.7. The molecule has 3 fully saturated rings. The van der Waals surface area contributed by atoms with Crippen LogP contribution in [0, 0.1) is 5.92 Å². The molecular weight excluding hydrogens is 424 g/mol. The second-order valence-corrected chi connectivity index (χ2v) is 10.3. The van der Waals surface area contributed by atoms with Gasteiger partial charge in [0.2, 0.25) is 5.91 Å². The fraction of sp³-hybridized carbons (Fsp3) is 0.542. The minimum absolute atomic E-state index is 0.0609. The Balaban J connectivity index is 1.35. The normalized spacial score (nSPS) is 22.9. The van der Waals surface area contributed by atoms with E-state index in [1.54, 1.807) is 11.3 Å². The van der Waals surface area contributed by atoms with Crippen LogP contribution in [0.3, 0.4) is 0 Å². The quantitative estimate of drug-likeness (QED) is 0.604. The van der Waals surface area contributed by atoms with E-state index < -0.39 is 0 Å². The Labute approximate surface area is 191 Å². The summed E-state index contributed by atoms with van der Waals surface area (Å²) < 4.78 is 14.3. The lowest BCUT2D eigenvalue weighted by Gasteiger charge is -2.21. The van der Waals surface area contributed by atoms with Gasteiger partial charge in [0, 0.05) is 50.3 Å². The van der Waals surface area contributed by atoms with Crippen molar-refractivity contribution in [3.63, 3.8) is 0 Å². The Hall–Kier alpha value is -2.45. The van der Waals surface area contributed by atoms with Crippen LogP contribution in [-0.2, 0) is 9.53 Å². The van der Waals surface area contributed by atoms with Gasteiger partial charge in [0.05, 0.1) is 21.7 Å². The molecule has 2 aromatic heterocycles. The number of benzene rings is 1. The molecule has 32 heavy (non-hydrogen) atoms. The Kier molecular flexibility index (Phi) is 5.14. The molecule has 1 amide bonds. The smallest absolute Gasteiger partial charge is 0.220 e. The maximum absolute atomic E-state index is 11.7. The van der Waals surface area contributed by atoms with Crippen molar-refractivity contribution in [3.05, 3.63) is 29.7 Å². The Morgan fingerprint density at radius 1 is 1.22 bits per heavy atom. The Bertz CT molecular complexity index is 1150. The molecule has 0 radical (unpaired) electrons. The summed E-state index contributed by atoms with van der Waals surface area (Å²) in [5, 5.41) is 4.12. The molecule has 3 aliphatic rings. The highest BCUT2D eigenvalue weighted by atomic mass is 32.1. The highest BCUT2D eigenvalue weighted by Gasteiger charge is 2.31. The molecule has 0 spiro atoms. The summed E-state index contributed by atoms with van der Waals surface area (Å²) in [6.45, 7) is 4.38. The lowest BCUT2D eigenvalue weighted by atomic mass is 10.0. The van der Waals surface area contributed by atoms with Gasteiger partial charge in [0.25, 0.3) is 0 Å². The molecule has 1 N–H and O–H groups in total. The molecule has 168 valence electrons. The number of carbonyl (C=O) groups is 1. The predicted molar refractivity (Wildman–Crippen MR) is 123 cm³/mol. The lowest BCUT2D eigenvalue weighted by Crippen LogP contribution is -2.25. The number of carbonyl (C=O) groups excluding carboxylic acids is 1. The number of amides is 1. The van der Waals surface area contributed by atoms with Gasteiger partial charge in [-0.05, 0) is 50.3 Å². The number of fused-ring (bicyclic) bond motifs is 1. The number of hydrogen-bond acceptors (Lipinski definition) is 6. The zero-order chi connectivity index (χ0) is 21.7. The van der Waals surface area contributed by atoms with Crippen molar-refractivity contribution in [1.82, 2.24) is 19.9 Å². The molecule has 6 rings (SSSR count).